The molecule has 0 amide bonds. The van der Waals surface area contributed by atoms with Gasteiger partial charge in [0.05, 0.1) is 13.2 Å². The van der Waals surface area contributed by atoms with Crippen LogP contribution >= 0.6 is 0 Å². The Balaban J connectivity index is 2.05. The molecule has 3 nitrogen and oxygen atoms in total. The number of methoxy groups -OCH3 is 1. The van der Waals surface area contributed by atoms with Gasteiger partial charge in [0.1, 0.15) is 0 Å². The Morgan fingerprint density at radius 2 is 1.33 bits per heavy atom. The van der Waals surface area contributed by atoms with E-state index in [9.17, 15) is 0 Å². The number of nitrogens with one attached hydrogen (secondary N) is 1. The van der Waals surface area contributed by atoms with Crippen molar-refractivity contribution in [3.05, 3.63) is 0 Å². The summed E-state index contributed by atoms with van der Waals surface area (Å²) in [5.74, 6) is 0. The summed E-state index contributed by atoms with van der Waals surface area (Å²) in [6.45, 7) is 3.37. The van der Waals surface area contributed by atoms with Gasteiger partial charge in [0.25, 0.3) is 0 Å². The molecular formula is C18H37NO2. The molecule has 0 atom stereocenters. The van der Waals surface area contributed by atoms with Gasteiger partial charge in [0, 0.05) is 19.8 Å². The molecule has 1 fully saturated rings. The van der Waals surface area contributed by atoms with E-state index < -0.39 is 0 Å². The fourth-order valence-electron chi connectivity index (χ4n) is 3.09. The van der Waals surface area contributed by atoms with Gasteiger partial charge in [-0.3, -0.25) is 0 Å². The van der Waals surface area contributed by atoms with Crippen LogP contribution in [0.1, 0.15) is 77.0 Å². The third-order valence-corrected chi connectivity index (χ3v) is 4.44. The van der Waals surface area contributed by atoms with Crippen molar-refractivity contribution in [3.63, 3.8) is 0 Å². The first kappa shape index (κ1) is 18.9. The number of hydrogen-bond acceptors (Lipinski definition) is 3. The van der Waals surface area contributed by atoms with E-state index >= 15 is 0 Å². The lowest BCUT2D eigenvalue weighted by Crippen LogP contribution is -2.30. The SMILES string of the molecule is COCCOCCCNC1CCCCCCCCCCC1. The second-order valence-electron chi connectivity index (χ2n) is 6.37. The highest BCUT2D eigenvalue weighted by Gasteiger charge is 2.08. The summed E-state index contributed by atoms with van der Waals surface area (Å²) in [5.41, 5.74) is 0. The molecule has 1 aliphatic rings. The van der Waals surface area contributed by atoms with Gasteiger partial charge in [-0.2, -0.15) is 0 Å². The van der Waals surface area contributed by atoms with Crippen molar-refractivity contribution in [2.24, 2.45) is 0 Å². The summed E-state index contributed by atoms with van der Waals surface area (Å²) in [5, 5.41) is 3.75. The van der Waals surface area contributed by atoms with Crippen molar-refractivity contribution >= 4 is 0 Å². The van der Waals surface area contributed by atoms with E-state index in [2.05, 4.69) is 5.32 Å². The van der Waals surface area contributed by atoms with Gasteiger partial charge >= 0.3 is 0 Å². The van der Waals surface area contributed by atoms with Gasteiger partial charge < -0.3 is 14.8 Å². The van der Waals surface area contributed by atoms with Crippen LogP contribution in [-0.2, 0) is 9.47 Å². The van der Waals surface area contributed by atoms with Crippen LogP contribution < -0.4 is 5.32 Å². The predicted octanol–water partition coefficient (Wildman–Crippen LogP) is 4.30. The average Bonchev–Trinajstić information content (AvgIpc) is 2.48. The summed E-state index contributed by atoms with van der Waals surface area (Å²) in [6, 6.07) is 0.739. The van der Waals surface area contributed by atoms with E-state index in [0.717, 1.165) is 32.2 Å². The highest BCUT2D eigenvalue weighted by Crippen LogP contribution is 2.16. The Hall–Kier alpha value is -0.120. The van der Waals surface area contributed by atoms with Crippen LogP contribution in [0.3, 0.4) is 0 Å². The molecule has 1 saturated carbocycles. The molecule has 3 heteroatoms. The molecule has 0 unspecified atom stereocenters. The molecule has 0 aromatic carbocycles. The first-order chi connectivity index (χ1) is 10.4. The lowest BCUT2D eigenvalue weighted by molar-refractivity contribution is 0.0691. The molecule has 0 radical (unpaired) electrons. The Morgan fingerprint density at radius 3 is 1.90 bits per heavy atom. The molecule has 0 aromatic rings. The van der Waals surface area contributed by atoms with Gasteiger partial charge in [-0.15, -0.1) is 0 Å². The van der Waals surface area contributed by atoms with Gasteiger partial charge in [-0.05, 0) is 25.8 Å². The molecule has 0 bridgehead atoms. The summed E-state index contributed by atoms with van der Waals surface area (Å²) in [6.07, 6.45) is 16.8. The molecule has 1 aliphatic carbocycles. The molecule has 0 aliphatic heterocycles. The van der Waals surface area contributed by atoms with Gasteiger partial charge in [0.15, 0.2) is 0 Å². The fraction of sp³-hybridized carbons (Fsp3) is 1.00. The average molecular weight is 299 g/mol. The van der Waals surface area contributed by atoms with Crippen LogP contribution in [-0.4, -0.2) is 39.5 Å². The first-order valence-corrected chi connectivity index (χ1v) is 9.23. The minimum absolute atomic E-state index is 0.704. The topological polar surface area (TPSA) is 30.5 Å². The second-order valence-corrected chi connectivity index (χ2v) is 6.37. The smallest absolute Gasteiger partial charge is 0.0700 e. The van der Waals surface area contributed by atoms with Crippen LogP contribution in [0.2, 0.25) is 0 Å². The Labute approximate surface area is 132 Å². The standard InChI is InChI=1S/C18H37NO2/c1-20-16-17-21-15-11-14-19-18-12-9-7-5-3-2-4-6-8-10-13-18/h18-19H,2-17H2,1H3. The minimum atomic E-state index is 0.704. The summed E-state index contributed by atoms with van der Waals surface area (Å²) in [4.78, 5) is 0. The van der Waals surface area contributed by atoms with Crippen LogP contribution in [0.15, 0.2) is 0 Å². The summed E-state index contributed by atoms with van der Waals surface area (Å²) in [7, 11) is 1.72. The number of rotatable bonds is 8. The number of ether oxygens (including phenoxy) is 2. The maximum Gasteiger partial charge on any atom is 0.0700 e. The first-order valence-electron chi connectivity index (χ1n) is 9.23. The van der Waals surface area contributed by atoms with Gasteiger partial charge in [0.2, 0.25) is 0 Å². The summed E-state index contributed by atoms with van der Waals surface area (Å²) >= 11 is 0. The Bertz CT molecular complexity index is 199. The number of hydrogen-bond donors (Lipinski definition) is 1. The molecule has 21 heavy (non-hydrogen) atoms. The van der Waals surface area contributed by atoms with E-state index in [0.29, 0.717) is 6.61 Å². The highest BCUT2D eigenvalue weighted by molar-refractivity contribution is 4.68. The quantitative estimate of drug-likeness (QED) is 0.678. The van der Waals surface area contributed by atoms with Crippen molar-refractivity contribution in [2.75, 3.05) is 33.5 Å². The fourth-order valence-corrected chi connectivity index (χ4v) is 3.09. The zero-order chi connectivity index (χ0) is 15.0. The van der Waals surface area contributed by atoms with Gasteiger partial charge in [-0.1, -0.05) is 57.8 Å². The summed E-state index contributed by atoms with van der Waals surface area (Å²) < 4.78 is 10.5. The normalized spacial score (nSPS) is 19.9. The van der Waals surface area contributed by atoms with Crippen LogP contribution in [0.25, 0.3) is 0 Å². The van der Waals surface area contributed by atoms with Crippen molar-refractivity contribution in [1.29, 1.82) is 0 Å². The third-order valence-electron chi connectivity index (χ3n) is 4.44. The monoisotopic (exact) mass is 299 g/mol. The van der Waals surface area contributed by atoms with Crippen LogP contribution in [0.5, 0.6) is 0 Å². The maximum absolute atomic E-state index is 5.51. The van der Waals surface area contributed by atoms with Crippen LogP contribution in [0.4, 0.5) is 0 Å². The van der Waals surface area contributed by atoms with Crippen molar-refractivity contribution < 1.29 is 9.47 Å². The Kier molecular flexibility index (Phi) is 13.3. The second kappa shape index (κ2) is 14.8. The molecule has 1 N–H and O–H groups in total. The molecule has 0 aromatic heterocycles. The van der Waals surface area contributed by atoms with Gasteiger partial charge in [-0.25, -0.2) is 0 Å². The zero-order valence-electron chi connectivity index (χ0n) is 14.2. The molecule has 126 valence electrons. The van der Waals surface area contributed by atoms with E-state index in [-0.39, 0.29) is 0 Å². The molecule has 0 heterocycles. The van der Waals surface area contributed by atoms with E-state index in [1.54, 1.807) is 7.11 Å². The third kappa shape index (κ3) is 12.1. The molecule has 1 rings (SSSR count). The lowest BCUT2D eigenvalue weighted by atomic mass is 9.98. The largest absolute Gasteiger partial charge is 0.382 e. The minimum Gasteiger partial charge on any atom is -0.382 e. The molecule has 0 spiro atoms. The van der Waals surface area contributed by atoms with Crippen molar-refractivity contribution in [2.45, 2.75) is 83.1 Å². The van der Waals surface area contributed by atoms with E-state index in [1.807, 2.05) is 0 Å². The van der Waals surface area contributed by atoms with E-state index in [4.69, 9.17) is 9.47 Å². The van der Waals surface area contributed by atoms with Crippen molar-refractivity contribution in [3.8, 4) is 0 Å². The van der Waals surface area contributed by atoms with E-state index in [1.165, 1.54) is 70.6 Å². The lowest BCUT2D eigenvalue weighted by Gasteiger charge is -2.19. The zero-order valence-corrected chi connectivity index (χ0v) is 14.2. The van der Waals surface area contributed by atoms with Crippen molar-refractivity contribution in [1.82, 2.24) is 5.32 Å². The van der Waals surface area contributed by atoms with Crippen LogP contribution in [0, 0.1) is 0 Å². The highest BCUT2D eigenvalue weighted by atomic mass is 16.5. The molecular weight excluding hydrogens is 262 g/mol. The maximum atomic E-state index is 5.51. The molecule has 0 saturated heterocycles. The Morgan fingerprint density at radius 1 is 0.762 bits per heavy atom. The predicted molar refractivity (Wildman–Crippen MR) is 89.9 cm³/mol.